The second-order valence-electron chi connectivity index (χ2n) is 5.58. The number of phenolic OH excluding ortho intramolecular Hbond substituents is 1. The zero-order chi connectivity index (χ0) is 16.8. The lowest BCUT2D eigenvalue weighted by Gasteiger charge is -2.20. The lowest BCUT2D eigenvalue weighted by molar-refractivity contribution is -0.890. The molecule has 0 heterocycles. The highest BCUT2D eigenvalue weighted by Crippen LogP contribution is 2.28. The molecule has 4 nitrogen and oxygen atoms in total. The number of quaternary nitrogens is 1. The number of aromatic hydroxyl groups is 1. The highest BCUT2D eigenvalue weighted by molar-refractivity contribution is 5.84. The summed E-state index contributed by atoms with van der Waals surface area (Å²) in [5.74, 6) is 0.232. The van der Waals surface area contributed by atoms with E-state index in [1.54, 1.807) is 30.5 Å². The number of hydrogen-bond acceptors (Lipinski definition) is 3. The molecule has 0 aliphatic heterocycles. The lowest BCUT2D eigenvalue weighted by atomic mass is 10.1. The molecule has 1 atom stereocenters. The van der Waals surface area contributed by atoms with Gasteiger partial charge in [-0.15, -0.1) is 0 Å². The maximum absolute atomic E-state index is 13.4. The van der Waals surface area contributed by atoms with Crippen LogP contribution < -0.4 is 9.64 Å². The molecule has 0 fully saturated rings. The monoisotopic (exact) mass is 317 g/mol. The topological polar surface area (TPSA) is 46.3 Å². The van der Waals surface area contributed by atoms with Crippen LogP contribution in [0.2, 0.25) is 0 Å². The number of phenols is 1. The van der Waals surface area contributed by atoms with Crippen molar-refractivity contribution in [1.82, 2.24) is 0 Å². The van der Waals surface area contributed by atoms with Gasteiger partial charge in [-0.25, -0.2) is 4.39 Å². The summed E-state index contributed by atoms with van der Waals surface area (Å²) in [5, 5.41) is 10.0. The molecule has 2 N–H and O–H groups in total. The van der Waals surface area contributed by atoms with Gasteiger partial charge in [0.15, 0.2) is 11.5 Å². The van der Waals surface area contributed by atoms with Gasteiger partial charge >= 0.3 is 0 Å². The summed E-state index contributed by atoms with van der Waals surface area (Å²) < 4.78 is 18.5. The zero-order valence-electron chi connectivity index (χ0n) is 13.6. The van der Waals surface area contributed by atoms with Gasteiger partial charge in [0.25, 0.3) is 0 Å². The first-order valence-electron chi connectivity index (χ1n) is 7.44. The third kappa shape index (κ3) is 4.29. The van der Waals surface area contributed by atoms with E-state index in [1.807, 2.05) is 20.2 Å². The first kappa shape index (κ1) is 17.0. The molecule has 0 bridgehead atoms. The Kier molecular flexibility index (Phi) is 5.71. The number of aliphatic imine (C=N–C) groups is 1. The van der Waals surface area contributed by atoms with E-state index in [0.717, 1.165) is 10.5 Å². The molecule has 2 aromatic rings. The second-order valence-corrected chi connectivity index (χ2v) is 5.58. The van der Waals surface area contributed by atoms with Crippen molar-refractivity contribution < 1.29 is 19.1 Å². The van der Waals surface area contributed by atoms with Crippen molar-refractivity contribution in [1.29, 1.82) is 0 Å². The van der Waals surface area contributed by atoms with Crippen molar-refractivity contribution in [2.45, 2.75) is 6.04 Å². The van der Waals surface area contributed by atoms with Crippen LogP contribution in [-0.4, -0.2) is 39.1 Å². The SMILES string of the molecule is COc1cccc(C=NC[C@@H](c2cccc(F)c2)[NH+](C)C)c1O. The van der Waals surface area contributed by atoms with Crippen LogP contribution in [0, 0.1) is 5.82 Å². The maximum atomic E-state index is 13.4. The molecule has 0 amide bonds. The molecule has 0 spiro atoms. The number of halogens is 1. The molecule has 0 saturated heterocycles. The summed E-state index contributed by atoms with van der Waals surface area (Å²) in [4.78, 5) is 5.58. The number of benzene rings is 2. The largest absolute Gasteiger partial charge is 0.504 e. The molecule has 23 heavy (non-hydrogen) atoms. The van der Waals surface area contributed by atoms with E-state index < -0.39 is 0 Å². The van der Waals surface area contributed by atoms with E-state index in [4.69, 9.17) is 4.74 Å². The van der Waals surface area contributed by atoms with Crippen LogP contribution in [-0.2, 0) is 0 Å². The summed E-state index contributed by atoms with van der Waals surface area (Å²) in [6.07, 6.45) is 1.62. The minimum atomic E-state index is -0.247. The molecule has 0 radical (unpaired) electrons. The molecule has 0 aliphatic carbocycles. The predicted octanol–water partition coefficient (Wildman–Crippen LogP) is 1.84. The van der Waals surface area contributed by atoms with Crippen molar-refractivity contribution >= 4 is 6.21 Å². The molecule has 122 valence electrons. The van der Waals surface area contributed by atoms with Gasteiger partial charge < -0.3 is 14.7 Å². The Bertz CT molecular complexity index is 686. The van der Waals surface area contributed by atoms with Crippen molar-refractivity contribution in [3.8, 4) is 11.5 Å². The second kappa shape index (κ2) is 7.74. The van der Waals surface area contributed by atoms with Gasteiger partial charge in [-0.05, 0) is 24.3 Å². The van der Waals surface area contributed by atoms with E-state index in [1.165, 1.54) is 19.2 Å². The smallest absolute Gasteiger partial charge is 0.166 e. The Morgan fingerprint density at radius 3 is 2.65 bits per heavy atom. The number of rotatable bonds is 6. The standard InChI is InChI=1S/C18H21FN2O2/c1-21(2)16(13-6-4-8-15(19)10-13)12-20-11-14-7-5-9-17(23-3)18(14)22/h4-11,16,22H,12H2,1-3H3/p+1/t16-/m0/s1. The van der Waals surface area contributed by atoms with Crippen LogP contribution in [0.5, 0.6) is 11.5 Å². The van der Waals surface area contributed by atoms with Gasteiger partial charge in [0.1, 0.15) is 11.9 Å². The van der Waals surface area contributed by atoms with Crippen LogP contribution in [0.4, 0.5) is 4.39 Å². The van der Waals surface area contributed by atoms with Crippen LogP contribution in [0.15, 0.2) is 47.5 Å². The van der Waals surface area contributed by atoms with Crippen molar-refractivity contribution in [3.05, 3.63) is 59.4 Å². The Balaban J connectivity index is 2.16. The van der Waals surface area contributed by atoms with E-state index in [2.05, 4.69) is 4.99 Å². The number of ether oxygens (including phenoxy) is 1. The van der Waals surface area contributed by atoms with E-state index in [0.29, 0.717) is 17.9 Å². The number of nitrogens with one attached hydrogen (secondary N) is 1. The average molecular weight is 317 g/mol. The number of likely N-dealkylation sites (N-methyl/N-ethyl adjacent to an activating group) is 1. The molecule has 2 rings (SSSR count). The number of nitrogens with zero attached hydrogens (tertiary/aromatic N) is 1. The van der Waals surface area contributed by atoms with Crippen molar-refractivity contribution in [3.63, 3.8) is 0 Å². The van der Waals surface area contributed by atoms with Crippen molar-refractivity contribution in [2.75, 3.05) is 27.7 Å². The predicted molar refractivity (Wildman–Crippen MR) is 89.1 cm³/mol. The van der Waals surface area contributed by atoms with Gasteiger partial charge in [-0.1, -0.05) is 18.2 Å². The summed E-state index contributed by atoms with van der Waals surface area (Å²) in [6.45, 7) is 0.489. The fourth-order valence-electron chi connectivity index (χ4n) is 2.41. The average Bonchev–Trinajstić information content (AvgIpc) is 2.52. The highest BCUT2D eigenvalue weighted by atomic mass is 19.1. The molecule has 0 saturated carbocycles. The summed E-state index contributed by atoms with van der Waals surface area (Å²) in [7, 11) is 5.52. The van der Waals surface area contributed by atoms with Gasteiger partial charge in [-0.2, -0.15) is 0 Å². The first-order valence-corrected chi connectivity index (χ1v) is 7.44. The van der Waals surface area contributed by atoms with E-state index in [9.17, 15) is 9.50 Å². The van der Waals surface area contributed by atoms with Gasteiger partial charge in [-0.3, -0.25) is 4.99 Å². The molecule has 0 aliphatic rings. The lowest BCUT2D eigenvalue weighted by Crippen LogP contribution is -3.06. The van der Waals surface area contributed by atoms with Crippen LogP contribution in [0.25, 0.3) is 0 Å². The van der Waals surface area contributed by atoms with Crippen LogP contribution >= 0.6 is 0 Å². The van der Waals surface area contributed by atoms with Crippen molar-refractivity contribution in [2.24, 2.45) is 4.99 Å². The fraction of sp³-hybridized carbons (Fsp3) is 0.278. The summed E-state index contributed by atoms with van der Waals surface area (Å²) >= 11 is 0. The maximum Gasteiger partial charge on any atom is 0.166 e. The highest BCUT2D eigenvalue weighted by Gasteiger charge is 2.17. The minimum absolute atomic E-state index is 0.0368. The number of para-hydroxylation sites is 1. The number of methoxy groups -OCH3 is 1. The molecular weight excluding hydrogens is 295 g/mol. The normalized spacial score (nSPS) is 12.7. The van der Waals surface area contributed by atoms with Crippen LogP contribution in [0.1, 0.15) is 17.2 Å². The first-order chi connectivity index (χ1) is 11.0. The van der Waals surface area contributed by atoms with Gasteiger partial charge in [0, 0.05) is 17.3 Å². The third-order valence-electron chi connectivity index (χ3n) is 3.72. The molecular formula is C18H22FN2O2+. The molecule has 5 heteroatoms. The van der Waals surface area contributed by atoms with E-state index in [-0.39, 0.29) is 17.6 Å². The van der Waals surface area contributed by atoms with Gasteiger partial charge in [0.2, 0.25) is 0 Å². The summed E-state index contributed by atoms with van der Waals surface area (Å²) in [6, 6.07) is 11.9. The Morgan fingerprint density at radius 2 is 2.00 bits per heavy atom. The van der Waals surface area contributed by atoms with E-state index >= 15 is 0 Å². The number of hydrogen-bond donors (Lipinski definition) is 2. The minimum Gasteiger partial charge on any atom is -0.504 e. The molecule has 0 unspecified atom stereocenters. The van der Waals surface area contributed by atoms with Gasteiger partial charge in [0.05, 0.1) is 27.7 Å². The quantitative estimate of drug-likeness (QED) is 0.799. The zero-order valence-corrected chi connectivity index (χ0v) is 13.6. The fourth-order valence-corrected chi connectivity index (χ4v) is 2.41. The Morgan fingerprint density at radius 1 is 1.26 bits per heavy atom. The Hall–Kier alpha value is -2.40. The molecule has 2 aromatic carbocycles. The third-order valence-corrected chi connectivity index (χ3v) is 3.72. The van der Waals surface area contributed by atoms with Crippen LogP contribution in [0.3, 0.4) is 0 Å². The summed E-state index contributed by atoms with van der Waals surface area (Å²) in [5.41, 5.74) is 1.49. The molecule has 0 aromatic heterocycles. The Labute approximate surface area is 135 Å².